The van der Waals surface area contributed by atoms with Crippen molar-refractivity contribution in [3.8, 4) is 11.5 Å². The minimum Gasteiger partial charge on any atom is -0.493 e. The highest BCUT2D eigenvalue weighted by Gasteiger charge is 2.07. The molecule has 0 aromatic heterocycles. The molecular formula is C22H26ClN3O4. The molecule has 0 heterocycles. The van der Waals surface area contributed by atoms with Crippen molar-refractivity contribution in [2.75, 3.05) is 20.8 Å². The number of hydrogen-bond acceptors (Lipinski definition) is 5. The van der Waals surface area contributed by atoms with Crippen LogP contribution < -0.4 is 20.2 Å². The van der Waals surface area contributed by atoms with E-state index in [0.29, 0.717) is 35.2 Å². The Hall–Kier alpha value is -3.06. The number of nitrogens with one attached hydrogen (secondary N) is 2. The van der Waals surface area contributed by atoms with E-state index in [2.05, 4.69) is 15.8 Å². The molecule has 7 nitrogen and oxygen atoms in total. The van der Waals surface area contributed by atoms with Gasteiger partial charge in [-0.2, -0.15) is 5.10 Å². The van der Waals surface area contributed by atoms with Crippen molar-refractivity contribution >= 4 is 29.1 Å². The van der Waals surface area contributed by atoms with Gasteiger partial charge in [0, 0.05) is 17.3 Å². The lowest BCUT2D eigenvalue weighted by molar-refractivity contribution is -0.121. The molecular weight excluding hydrogens is 406 g/mol. The minimum absolute atomic E-state index is 0.104. The van der Waals surface area contributed by atoms with Gasteiger partial charge in [0.1, 0.15) is 0 Å². The van der Waals surface area contributed by atoms with Crippen molar-refractivity contribution in [1.82, 2.24) is 10.7 Å². The number of hydrogen-bond donors (Lipinski definition) is 2. The fourth-order valence-electron chi connectivity index (χ4n) is 2.70. The smallest absolute Gasteiger partial charge is 0.244 e. The van der Waals surface area contributed by atoms with Gasteiger partial charge >= 0.3 is 0 Å². The molecule has 0 unspecified atom stereocenters. The zero-order valence-corrected chi connectivity index (χ0v) is 18.1. The first-order chi connectivity index (χ1) is 14.4. The summed E-state index contributed by atoms with van der Waals surface area (Å²) >= 11 is 5.83. The molecule has 0 saturated carbocycles. The number of ether oxygens (including phenoxy) is 2. The number of halogens is 1. The molecule has 8 heteroatoms. The van der Waals surface area contributed by atoms with Crippen LogP contribution in [0.4, 0.5) is 0 Å². The Balaban J connectivity index is 1.73. The van der Waals surface area contributed by atoms with Crippen LogP contribution in [0.1, 0.15) is 24.5 Å². The van der Waals surface area contributed by atoms with Gasteiger partial charge in [-0.3, -0.25) is 9.59 Å². The summed E-state index contributed by atoms with van der Waals surface area (Å²) in [5.74, 6) is 0.892. The van der Waals surface area contributed by atoms with Gasteiger partial charge < -0.3 is 14.8 Å². The largest absolute Gasteiger partial charge is 0.493 e. The third-order valence-corrected chi connectivity index (χ3v) is 4.50. The Labute approximate surface area is 181 Å². The highest BCUT2D eigenvalue weighted by atomic mass is 35.5. The van der Waals surface area contributed by atoms with E-state index in [1.807, 2.05) is 18.2 Å². The number of rotatable bonds is 10. The predicted molar refractivity (Wildman–Crippen MR) is 117 cm³/mol. The highest BCUT2D eigenvalue weighted by Crippen LogP contribution is 2.27. The number of carbonyl (C=O) groups is 2. The van der Waals surface area contributed by atoms with Crippen molar-refractivity contribution in [2.45, 2.75) is 26.2 Å². The molecule has 2 rings (SSSR count). The maximum absolute atomic E-state index is 12.1. The van der Waals surface area contributed by atoms with E-state index in [0.717, 1.165) is 11.1 Å². The quantitative estimate of drug-likeness (QED) is 0.446. The molecule has 0 fully saturated rings. The summed E-state index contributed by atoms with van der Waals surface area (Å²) in [6, 6.07) is 12.7. The van der Waals surface area contributed by atoms with Crippen LogP contribution in [0, 0.1) is 0 Å². The second-order valence-electron chi connectivity index (χ2n) is 6.65. The molecule has 0 saturated heterocycles. The topological polar surface area (TPSA) is 89.0 Å². The predicted octanol–water partition coefficient (Wildman–Crippen LogP) is 3.14. The molecule has 2 aromatic rings. The van der Waals surface area contributed by atoms with Gasteiger partial charge in [0.25, 0.3) is 0 Å². The summed E-state index contributed by atoms with van der Waals surface area (Å²) in [6.07, 6.45) is 0.943. The molecule has 0 aliphatic carbocycles. The van der Waals surface area contributed by atoms with E-state index in [1.165, 1.54) is 0 Å². The van der Waals surface area contributed by atoms with Crippen molar-refractivity contribution < 1.29 is 19.1 Å². The summed E-state index contributed by atoms with van der Waals surface area (Å²) in [7, 11) is 3.17. The maximum atomic E-state index is 12.1. The molecule has 0 radical (unpaired) electrons. The summed E-state index contributed by atoms with van der Waals surface area (Å²) in [5, 5.41) is 7.45. The third kappa shape index (κ3) is 7.75. The van der Waals surface area contributed by atoms with Gasteiger partial charge in [0.05, 0.1) is 27.1 Å². The second-order valence-corrected chi connectivity index (χ2v) is 7.09. The van der Waals surface area contributed by atoms with E-state index in [4.69, 9.17) is 21.1 Å². The molecule has 0 aliphatic heterocycles. The van der Waals surface area contributed by atoms with Crippen LogP contribution in [0.3, 0.4) is 0 Å². The molecule has 0 spiro atoms. The number of nitrogens with zero attached hydrogens (tertiary/aromatic N) is 1. The number of carbonyl (C=O) groups excluding carboxylic acids is 2. The van der Waals surface area contributed by atoms with Crippen LogP contribution in [-0.2, 0) is 22.4 Å². The molecule has 2 aromatic carbocycles. The van der Waals surface area contributed by atoms with Crippen LogP contribution in [0.5, 0.6) is 11.5 Å². The lowest BCUT2D eigenvalue weighted by Gasteiger charge is -2.10. The van der Waals surface area contributed by atoms with Gasteiger partial charge in [-0.15, -0.1) is 0 Å². The van der Waals surface area contributed by atoms with Crippen LogP contribution in [0.25, 0.3) is 0 Å². The highest BCUT2D eigenvalue weighted by molar-refractivity contribution is 6.30. The summed E-state index contributed by atoms with van der Waals surface area (Å²) in [6.45, 7) is 2.17. The molecule has 160 valence electrons. The SMILES string of the molecule is COc1ccc(CCNC(=O)C/C(C)=N\NC(=O)Cc2ccc(Cl)cc2)cc1OC. The second kappa shape index (κ2) is 11.8. The molecule has 2 N–H and O–H groups in total. The first kappa shape index (κ1) is 23.2. The van der Waals surface area contributed by atoms with Crippen LogP contribution in [0.2, 0.25) is 5.02 Å². The van der Waals surface area contributed by atoms with Gasteiger partial charge in [0.15, 0.2) is 11.5 Å². The first-order valence-corrected chi connectivity index (χ1v) is 9.83. The van der Waals surface area contributed by atoms with E-state index >= 15 is 0 Å². The molecule has 0 atom stereocenters. The van der Waals surface area contributed by atoms with Gasteiger partial charge in [-0.1, -0.05) is 29.8 Å². The lowest BCUT2D eigenvalue weighted by atomic mass is 10.1. The van der Waals surface area contributed by atoms with Gasteiger partial charge in [-0.05, 0) is 48.7 Å². The standard InChI is InChI=1S/C22H26ClN3O4/c1-15(25-26-22(28)14-16-4-7-18(23)8-5-16)12-21(27)24-11-10-17-6-9-19(29-2)20(13-17)30-3/h4-9,13H,10-12,14H2,1-3H3,(H,24,27)(H,26,28)/b25-15-. The number of amides is 2. The number of benzene rings is 2. The normalized spacial score (nSPS) is 11.0. The Morgan fingerprint density at radius 3 is 2.30 bits per heavy atom. The fourth-order valence-corrected chi connectivity index (χ4v) is 2.83. The zero-order chi connectivity index (χ0) is 21.9. The molecule has 0 bridgehead atoms. The lowest BCUT2D eigenvalue weighted by Crippen LogP contribution is -2.28. The van der Waals surface area contributed by atoms with E-state index in [1.54, 1.807) is 45.4 Å². The van der Waals surface area contributed by atoms with E-state index < -0.39 is 0 Å². The average molecular weight is 432 g/mol. The Kier molecular flexibility index (Phi) is 9.15. The van der Waals surface area contributed by atoms with Crippen molar-refractivity contribution in [1.29, 1.82) is 0 Å². The van der Waals surface area contributed by atoms with Crippen LogP contribution in [0.15, 0.2) is 47.6 Å². The zero-order valence-electron chi connectivity index (χ0n) is 17.3. The molecule has 0 aliphatic rings. The van der Waals surface area contributed by atoms with E-state index in [9.17, 15) is 9.59 Å². The molecule has 30 heavy (non-hydrogen) atoms. The van der Waals surface area contributed by atoms with Crippen molar-refractivity contribution in [2.24, 2.45) is 5.10 Å². The summed E-state index contributed by atoms with van der Waals surface area (Å²) < 4.78 is 10.5. The number of hydrazone groups is 1. The average Bonchev–Trinajstić information content (AvgIpc) is 2.73. The Morgan fingerprint density at radius 2 is 1.63 bits per heavy atom. The summed E-state index contributed by atoms with van der Waals surface area (Å²) in [5.41, 5.74) is 4.84. The monoisotopic (exact) mass is 431 g/mol. The van der Waals surface area contributed by atoms with Crippen LogP contribution in [-0.4, -0.2) is 38.3 Å². The van der Waals surface area contributed by atoms with E-state index in [-0.39, 0.29) is 24.7 Å². The fraction of sp³-hybridized carbons (Fsp3) is 0.318. The molecule has 2 amide bonds. The van der Waals surface area contributed by atoms with Crippen molar-refractivity contribution in [3.05, 3.63) is 58.6 Å². The maximum Gasteiger partial charge on any atom is 0.244 e. The number of methoxy groups -OCH3 is 2. The van der Waals surface area contributed by atoms with Crippen molar-refractivity contribution in [3.63, 3.8) is 0 Å². The van der Waals surface area contributed by atoms with Crippen LogP contribution >= 0.6 is 11.6 Å². The summed E-state index contributed by atoms with van der Waals surface area (Å²) in [4.78, 5) is 24.0. The van der Waals surface area contributed by atoms with Gasteiger partial charge in [0.2, 0.25) is 11.8 Å². The van der Waals surface area contributed by atoms with Gasteiger partial charge in [-0.25, -0.2) is 5.43 Å². The minimum atomic E-state index is -0.259. The first-order valence-electron chi connectivity index (χ1n) is 9.45. The Morgan fingerprint density at radius 1 is 0.967 bits per heavy atom. The third-order valence-electron chi connectivity index (χ3n) is 4.25. The Bertz CT molecular complexity index is 898.